The fourth-order valence-corrected chi connectivity index (χ4v) is 4.47. The number of nitrogens with zero attached hydrogens (tertiary/aromatic N) is 1. The molecule has 1 atom stereocenters. The number of para-hydroxylation sites is 1. The van der Waals surface area contributed by atoms with Crippen molar-refractivity contribution in [1.29, 1.82) is 0 Å². The second kappa shape index (κ2) is 9.70. The molecule has 2 heterocycles. The molecule has 2 N–H and O–H groups in total. The van der Waals surface area contributed by atoms with Gasteiger partial charge in [-0.2, -0.15) is 0 Å². The number of thiazole rings is 1. The van der Waals surface area contributed by atoms with Crippen LogP contribution in [0.2, 0.25) is 0 Å². The largest absolute Gasteiger partial charge is 0.355 e. The number of fused-ring (bicyclic) bond motifs is 1. The number of hydrogen-bond acceptors (Lipinski definition) is 4. The third-order valence-electron chi connectivity index (χ3n) is 5.17. The molecule has 0 spiro atoms. The maximum Gasteiger partial charge on any atom is 0.230 e. The van der Waals surface area contributed by atoms with E-state index >= 15 is 0 Å². The molecule has 0 bridgehead atoms. The molecule has 0 aliphatic carbocycles. The molecule has 4 nitrogen and oxygen atoms in total. The normalized spacial score (nSPS) is 15.6. The van der Waals surface area contributed by atoms with E-state index in [0.29, 0.717) is 12.3 Å². The lowest BCUT2D eigenvalue weighted by Gasteiger charge is -2.32. The molecule has 2 aromatic carbocycles. The Morgan fingerprint density at radius 2 is 1.82 bits per heavy atom. The third kappa shape index (κ3) is 4.66. The van der Waals surface area contributed by atoms with E-state index < -0.39 is 5.41 Å². The minimum Gasteiger partial charge on any atom is -0.355 e. The van der Waals surface area contributed by atoms with Gasteiger partial charge in [0.05, 0.1) is 20.6 Å². The third-order valence-corrected chi connectivity index (χ3v) is 6.21. The number of carbonyl (C=O) groups is 1. The Kier molecular flexibility index (Phi) is 7.84. The van der Waals surface area contributed by atoms with Crippen LogP contribution in [0.5, 0.6) is 0 Å². The summed E-state index contributed by atoms with van der Waals surface area (Å²) < 4.78 is 1.17. The number of carbonyl (C=O) groups excluding carboxylic acids is 1. The van der Waals surface area contributed by atoms with Crippen molar-refractivity contribution in [1.82, 2.24) is 15.6 Å². The lowest BCUT2D eigenvalue weighted by Crippen LogP contribution is -2.51. The molecule has 28 heavy (non-hydrogen) atoms. The Labute approximate surface area is 182 Å². The fourth-order valence-electron chi connectivity index (χ4n) is 3.34. The molecule has 7 heteroatoms. The molecule has 0 saturated carbocycles. The van der Waals surface area contributed by atoms with E-state index in [9.17, 15) is 4.79 Å². The molecule has 150 valence electrons. The molecule has 1 fully saturated rings. The summed E-state index contributed by atoms with van der Waals surface area (Å²) in [4.78, 5) is 17.9. The van der Waals surface area contributed by atoms with Crippen molar-refractivity contribution in [3.63, 3.8) is 0 Å². The van der Waals surface area contributed by atoms with Crippen LogP contribution in [-0.4, -0.2) is 30.5 Å². The molecule has 1 unspecified atom stereocenters. The number of halogens is 2. The van der Waals surface area contributed by atoms with Crippen molar-refractivity contribution in [2.24, 2.45) is 5.92 Å². The first kappa shape index (κ1) is 22.6. The highest BCUT2D eigenvalue weighted by Crippen LogP contribution is 2.32. The molecule has 1 amide bonds. The Balaban J connectivity index is 0.00000140. The van der Waals surface area contributed by atoms with E-state index in [1.165, 1.54) is 4.70 Å². The molecule has 1 aromatic heterocycles. The van der Waals surface area contributed by atoms with Gasteiger partial charge in [0.25, 0.3) is 0 Å². The van der Waals surface area contributed by atoms with Gasteiger partial charge in [-0.25, -0.2) is 4.98 Å². The number of hydrogen-bond donors (Lipinski definition) is 2. The highest BCUT2D eigenvalue weighted by atomic mass is 35.5. The number of aromatic nitrogens is 1. The van der Waals surface area contributed by atoms with Crippen LogP contribution in [0, 0.1) is 5.92 Å². The molecular weight excluding hydrogens is 413 g/mol. The summed E-state index contributed by atoms with van der Waals surface area (Å²) in [5.41, 5.74) is 1.40. The van der Waals surface area contributed by atoms with Crippen LogP contribution in [0.1, 0.15) is 17.5 Å². The monoisotopic (exact) mass is 437 g/mol. The average molecular weight is 438 g/mol. The van der Waals surface area contributed by atoms with E-state index in [1.54, 1.807) is 11.3 Å². The molecule has 1 aliphatic heterocycles. The molecular formula is C21H25Cl2N3OS. The van der Waals surface area contributed by atoms with Gasteiger partial charge < -0.3 is 10.6 Å². The summed E-state index contributed by atoms with van der Waals surface area (Å²) in [6, 6.07) is 18.2. The van der Waals surface area contributed by atoms with Crippen molar-refractivity contribution in [3.8, 4) is 0 Å². The Hall–Kier alpha value is -1.66. The van der Waals surface area contributed by atoms with Gasteiger partial charge in [-0.3, -0.25) is 4.79 Å². The quantitative estimate of drug-likeness (QED) is 0.612. The highest BCUT2D eigenvalue weighted by molar-refractivity contribution is 7.18. The van der Waals surface area contributed by atoms with Gasteiger partial charge >= 0.3 is 0 Å². The van der Waals surface area contributed by atoms with Gasteiger partial charge in [0.2, 0.25) is 5.91 Å². The van der Waals surface area contributed by atoms with Crippen LogP contribution in [0.4, 0.5) is 0 Å². The number of amides is 1. The number of benzene rings is 2. The second-order valence-corrected chi connectivity index (χ2v) is 8.30. The number of nitrogens with one attached hydrogen (secondary N) is 2. The smallest absolute Gasteiger partial charge is 0.230 e. The molecule has 4 rings (SSSR count). The highest BCUT2D eigenvalue weighted by Gasteiger charge is 2.36. The second-order valence-electron chi connectivity index (χ2n) is 7.18. The Morgan fingerprint density at radius 3 is 2.46 bits per heavy atom. The molecule has 1 saturated heterocycles. The van der Waals surface area contributed by atoms with Crippen molar-refractivity contribution in [3.05, 3.63) is 65.2 Å². The summed E-state index contributed by atoms with van der Waals surface area (Å²) in [5.74, 6) is 0.622. The Bertz CT molecular complexity index is 881. The van der Waals surface area contributed by atoms with Crippen molar-refractivity contribution in [2.75, 3.05) is 19.6 Å². The zero-order chi connectivity index (χ0) is 18.0. The van der Waals surface area contributed by atoms with E-state index in [2.05, 4.69) is 16.7 Å². The van der Waals surface area contributed by atoms with Gasteiger partial charge in [0.1, 0.15) is 0 Å². The minimum atomic E-state index is -0.633. The van der Waals surface area contributed by atoms with Gasteiger partial charge in [-0.1, -0.05) is 42.5 Å². The van der Waals surface area contributed by atoms with Crippen LogP contribution in [0.15, 0.2) is 54.6 Å². The topological polar surface area (TPSA) is 54.0 Å². The van der Waals surface area contributed by atoms with Gasteiger partial charge in [0.15, 0.2) is 0 Å². The summed E-state index contributed by atoms with van der Waals surface area (Å²) in [7, 11) is 0. The van der Waals surface area contributed by atoms with Gasteiger partial charge in [-0.15, -0.1) is 36.2 Å². The summed E-state index contributed by atoms with van der Waals surface area (Å²) in [6.45, 7) is 4.73. The van der Waals surface area contributed by atoms with Crippen LogP contribution in [0.3, 0.4) is 0 Å². The standard InChI is InChI=1S/C21H23N3OS.2ClH/c1-21(16-7-3-2-4-8-16,20(25)23-14-15-12-22-13-15)11-19-24-17-9-5-6-10-18(17)26-19;;/h2-10,15,22H,11-14H2,1H3,(H,23,25);2*1H. The lowest BCUT2D eigenvalue weighted by molar-refractivity contribution is -0.126. The van der Waals surface area contributed by atoms with Crippen LogP contribution in [0.25, 0.3) is 10.2 Å². The number of rotatable bonds is 6. The summed E-state index contributed by atoms with van der Waals surface area (Å²) in [6.07, 6.45) is 0.602. The SMILES string of the molecule is CC(Cc1nc2ccccc2s1)(C(=O)NCC1CNC1)c1ccccc1.Cl.Cl. The molecule has 0 radical (unpaired) electrons. The summed E-state index contributed by atoms with van der Waals surface area (Å²) >= 11 is 1.68. The summed E-state index contributed by atoms with van der Waals surface area (Å²) in [5, 5.41) is 7.42. The van der Waals surface area contributed by atoms with Gasteiger partial charge in [-0.05, 0) is 24.6 Å². The van der Waals surface area contributed by atoms with Crippen molar-refractivity contribution in [2.45, 2.75) is 18.8 Å². The minimum absolute atomic E-state index is 0. The van der Waals surface area contributed by atoms with Crippen molar-refractivity contribution < 1.29 is 4.79 Å². The van der Waals surface area contributed by atoms with Gasteiger partial charge in [0, 0.05) is 32.0 Å². The van der Waals surface area contributed by atoms with E-state index in [4.69, 9.17) is 4.98 Å². The average Bonchev–Trinajstić information content (AvgIpc) is 3.03. The maximum absolute atomic E-state index is 13.2. The maximum atomic E-state index is 13.2. The van der Waals surface area contributed by atoms with Crippen LogP contribution >= 0.6 is 36.2 Å². The zero-order valence-corrected chi connectivity index (χ0v) is 18.1. The molecule has 1 aliphatic rings. The predicted octanol–water partition coefficient (Wildman–Crippen LogP) is 3.98. The first-order valence-corrected chi connectivity index (χ1v) is 9.86. The lowest BCUT2D eigenvalue weighted by atomic mass is 9.78. The van der Waals surface area contributed by atoms with E-state index in [0.717, 1.165) is 35.7 Å². The van der Waals surface area contributed by atoms with E-state index in [-0.39, 0.29) is 30.7 Å². The molecule has 3 aromatic rings. The van der Waals surface area contributed by atoms with Crippen molar-refractivity contribution >= 4 is 52.3 Å². The Morgan fingerprint density at radius 1 is 1.14 bits per heavy atom. The first-order valence-electron chi connectivity index (χ1n) is 9.04. The fraction of sp³-hybridized carbons (Fsp3) is 0.333. The first-order chi connectivity index (χ1) is 12.6. The van der Waals surface area contributed by atoms with E-state index in [1.807, 2.05) is 55.5 Å². The zero-order valence-electron chi connectivity index (χ0n) is 15.7. The van der Waals surface area contributed by atoms with Crippen LogP contribution < -0.4 is 10.6 Å². The van der Waals surface area contributed by atoms with Crippen LogP contribution in [-0.2, 0) is 16.6 Å². The predicted molar refractivity (Wildman–Crippen MR) is 121 cm³/mol.